The van der Waals surface area contributed by atoms with Crippen LogP contribution in [0.15, 0.2) is 10.7 Å². The van der Waals surface area contributed by atoms with Crippen LogP contribution in [0.5, 0.6) is 0 Å². The molecule has 0 aromatic carbocycles. The van der Waals surface area contributed by atoms with Crippen molar-refractivity contribution in [3.63, 3.8) is 0 Å². The second-order valence-corrected chi connectivity index (χ2v) is 6.06. The summed E-state index contributed by atoms with van der Waals surface area (Å²) in [5.74, 6) is -2.20. The van der Waals surface area contributed by atoms with E-state index in [0.717, 1.165) is 12.8 Å². The first kappa shape index (κ1) is 15.4. The molecule has 2 heterocycles. The molecule has 1 amide bonds. The average Bonchev–Trinajstić information content (AvgIpc) is 3.00. The predicted molar refractivity (Wildman–Crippen MR) is 74.0 cm³/mol. The molecule has 1 aliphatic carbocycles. The van der Waals surface area contributed by atoms with Gasteiger partial charge in [0.05, 0.1) is 0 Å². The average molecular weight is 314 g/mol. The van der Waals surface area contributed by atoms with Gasteiger partial charge in [-0.1, -0.05) is 0 Å². The Balaban J connectivity index is 1.55. The number of hydrogen-bond acceptors (Lipinski definition) is 4. The number of carbonyl (C=O) groups is 1. The third-order valence-electron chi connectivity index (χ3n) is 4.38. The van der Waals surface area contributed by atoms with Gasteiger partial charge in [0, 0.05) is 38.0 Å². The molecule has 2 aliphatic rings. The highest BCUT2D eigenvalue weighted by molar-refractivity contribution is 5.92. The van der Waals surface area contributed by atoms with E-state index in [-0.39, 0.29) is 36.4 Å². The summed E-state index contributed by atoms with van der Waals surface area (Å²) in [7, 11) is 0. The molecule has 22 heavy (non-hydrogen) atoms. The van der Waals surface area contributed by atoms with E-state index in [1.54, 1.807) is 0 Å². The van der Waals surface area contributed by atoms with E-state index in [1.807, 2.05) is 0 Å². The summed E-state index contributed by atoms with van der Waals surface area (Å²) in [6.07, 6.45) is 3.25. The van der Waals surface area contributed by atoms with Gasteiger partial charge < -0.3 is 14.5 Å². The SMILES string of the molecule is O=C(NC1CCC(F)(F)CC1)c1coc(C2CCOCC2)n1. The molecule has 7 heteroatoms. The normalized spacial score (nSPS) is 23.4. The van der Waals surface area contributed by atoms with E-state index >= 15 is 0 Å². The molecule has 1 aromatic heterocycles. The Kier molecular flexibility index (Phi) is 4.42. The molecule has 0 atom stereocenters. The number of ether oxygens (including phenoxy) is 1. The molecule has 1 saturated heterocycles. The van der Waals surface area contributed by atoms with Gasteiger partial charge in [-0.15, -0.1) is 0 Å². The highest BCUT2D eigenvalue weighted by Crippen LogP contribution is 2.33. The van der Waals surface area contributed by atoms with Crippen molar-refractivity contribution in [3.8, 4) is 0 Å². The molecular weight excluding hydrogens is 294 g/mol. The maximum Gasteiger partial charge on any atom is 0.273 e. The van der Waals surface area contributed by atoms with Crippen molar-refractivity contribution in [1.82, 2.24) is 10.3 Å². The van der Waals surface area contributed by atoms with Gasteiger partial charge in [0.1, 0.15) is 6.26 Å². The topological polar surface area (TPSA) is 64.4 Å². The number of rotatable bonds is 3. The Morgan fingerprint density at radius 2 is 1.91 bits per heavy atom. The number of halogens is 2. The third-order valence-corrected chi connectivity index (χ3v) is 4.38. The van der Waals surface area contributed by atoms with E-state index in [0.29, 0.717) is 31.9 Å². The van der Waals surface area contributed by atoms with Crippen LogP contribution >= 0.6 is 0 Å². The summed E-state index contributed by atoms with van der Waals surface area (Å²) >= 11 is 0. The minimum absolute atomic E-state index is 0.177. The van der Waals surface area contributed by atoms with Crippen LogP contribution in [-0.4, -0.2) is 36.1 Å². The largest absolute Gasteiger partial charge is 0.448 e. The summed E-state index contributed by atoms with van der Waals surface area (Å²) in [4.78, 5) is 16.4. The Morgan fingerprint density at radius 3 is 2.59 bits per heavy atom. The van der Waals surface area contributed by atoms with Gasteiger partial charge in [0.25, 0.3) is 5.91 Å². The van der Waals surface area contributed by atoms with Gasteiger partial charge in [-0.3, -0.25) is 4.79 Å². The molecule has 1 aliphatic heterocycles. The van der Waals surface area contributed by atoms with E-state index in [9.17, 15) is 13.6 Å². The van der Waals surface area contributed by atoms with Crippen molar-refractivity contribution in [3.05, 3.63) is 17.8 Å². The van der Waals surface area contributed by atoms with Crippen LogP contribution in [0.4, 0.5) is 8.78 Å². The van der Waals surface area contributed by atoms with Crippen LogP contribution in [0, 0.1) is 0 Å². The zero-order valence-electron chi connectivity index (χ0n) is 12.3. The Labute approximate surface area is 127 Å². The minimum atomic E-state index is -2.59. The van der Waals surface area contributed by atoms with Crippen LogP contribution < -0.4 is 5.32 Å². The molecule has 0 bridgehead atoms. The lowest BCUT2D eigenvalue weighted by Gasteiger charge is -2.28. The number of nitrogens with zero attached hydrogens (tertiary/aromatic N) is 1. The molecule has 0 radical (unpaired) electrons. The van der Waals surface area contributed by atoms with Crippen molar-refractivity contribution < 1.29 is 22.7 Å². The lowest BCUT2D eigenvalue weighted by molar-refractivity contribution is -0.0399. The first-order valence-electron chi connectivity index (χ1n) is 7.75. The van der Waals surface area contributed by atoms with Crippen molar-refractivity contribution >= 4 is 5.91 Å². The Hall–Kier alpha value is -1.50. The fourth-order valence-electron chi connectivity index (χ4n) is 2.97. The number of hydrogen-bond donors (Lipinski definition) is 1. The fourth-order valence-corrected chi connectivity index (χ4v) is 2.97. The second kappa shape index (κ2) is 6.32. The Bertz CT molecular complexity index is 517. The van der Waals surface area contributed by atoms with E-state index in [1.165, 1.54) is 6.26 Å². The van der Waals surface area contributed by atoms with Crippen LogP contribution in [0.3, 0.4) is 0 Å². The van der Waals surface area contributed by atoms with Crippen molar-refractivity contribution in [1.29, 1.82) is 0 Å². The van der Waals surface area contributed by atoms with Gasteiger partial charge in [-0.2, -0.15) is 0 Å². The molecule has 1 aromatic rings. The lowest BCUT2D eigenvalue weighted by atomic mass is 9.92. The number of oxazole rings is 1. The molecule has 0 spiro atoms. The number of alkyl halides is 2. The quantitative estimate of drug-likeness (QED) is 0.932. The van der Waals surface area contributed by atoms with Crippen molar-refractivity contribution in [2.75, 3.05) is 13.2 Å². The first-order chi connectivity index (χ1) is 10.5. The van der Waals surface area contributed by atoms with Gasteiger partial charge in [-0.05, 0) is 25.7 Å². The zero-order valence-corrected chi connectivity index (χ0v) is 12.3. The van der Waals surface area contributed by atoms with Gasteiger partial charge >= 0.3 is 0 Å². The summed E-state index contributed by atoms with van der Waals surface area (Å²) < 4.78 is 36.9. The summed E-state index contributed by atoms with van der Waals surface area (Å²) in [6.45, 7) is 1.34. The van der Waals surface area contributed by atoms with Gasteiger partial charge in [0.2, 0.25) is 5.92 Å². The molecule has 122 valence electrons. The molecule has 1 saturated carbocycles. The maximum absolute atomic E-state index is 13.1. The van der Waals surface area contributed by atoms with Crippen LogP contribution in [0.1, 0.15) is 60.8 Å². The van der Waals surface area contributed by atoms with Crippen LogP contribution in [0.2, 0.25) is 0 Å². The number of carbonyl (C=O) groups excluding carboxylic acids is 1. The number of amides is 1. The van der Waals surface area contributed by atoms with Crippen molar-refractivity contribution in [2.45, 2.75) is 56.4 Å². The Morgan fingerprint density at radius 1 is 1.23 bits per heavy atom. The highest BCUT2D eigenvalue weighted by Gasteiger charge is 2.35. The summed E-state index contributed by atoms with van der Waals surface area (Å²) in [6, 6.07) is -0.213. The second-order valence-electron chi connectivity index (χ2n) is 6.06. The van der Waals surface area contributed by atoms with E-state index in [2.05, 4.69) is 10.3 Å². The van der Waals surface area contributed by atoms with Crippen LogP contribution in [-0.2, 0) is 4.74 Å². The standard InChI is InChI=1S/C15H20F2N2O3/c16-15(17)5-1-11(2-6-15)18-13(20)12-9-22-14(19-12)10-3-7-21-8-4-10/h9-11H,1-8H2,(H,18,20). The van der Waals surface area contributed by atoms with Gasteiger partial charge in [0.15, 0.2) is 11.6 Å². The van der Waals surface area contributed by atoms with E-state index in [4.69, 9.17) is 9.15 Å². The molecular formula is C15H20F2N2O3. The highest BCUT2D eigenvalue weighted by atomic mass is 19.3. The maximum atomic E-state index is 13.1. The summed E-state index contributed by atoms with van der Waals surface area (Å²) in [5.41, 5.74) is 0.221. The molecule has 0 unspecified atom stereocenters. The lowest BCUT2D eigenvalue weighted by Crippen LogP contribution is -2.40. The smallest absolute Gasteiger partial charge is 0.273 e. The predicted octanol–water partition coefficient (Wildman–Crippen LogP) is 2.88. The third kappa shape index (κ3) is 3.63. The van der Waals surface area contributed by atoms with Gasteiger partial charge in [-0.25, -0.2) is 13.8 Å². The molecule has 5 nitrogen and oxygen atoms in total. The number of nitrogens with one attached hydrogen (secondary N) is 1. The first-order valence-corrected chi connectivity index (χ1v) is 7.75. The molecule has 3 rings (SSSR count). The summed E-state index contributed by atoms with van der Waals surface area (Å²) in [5, 5.41) is 2.77. The van der Waals surface area contributed by atoms with Crippen LogP contribution in [0.25, 0.3) is 0 Å². The fraction of sp³-hybridized carbons (Fsp3) is 0.733. The molecule has 1 N–H and O–H groups in total. The molecule has 2 fully saturated rings. The monoisotopic (exact) mass is 314 g/mol. The minimum Gasteiger partial charge on any atom is -0.448 e. The number of aromatic nitrogens is 1. The van der Waals surface area contributed by atoms with Crippen molar-refractivity contribution in [2.24, 2.45) is 0 Å². The zero-order chi connectivity index (χ0) is 15.6. The van der Waals surface area contributed by atoms with E-state index < -0.39 is 5.92 Å².